The SMILES string of the molecule is Cl.FC(F)(F)c1ccccc1[C@H]1C[C@H]2CNC[C@H]2C1. The van der Waals surface area contributed by atoms with Gasteiger partial charge >= 0.3 is 6.18 Å². The van der Waals surface area contributed by atoms with Gasteiger partial charge < -0.3 is 5.32 Å². The van der Waals surface area contributed by atoms with E-state index in [-0.39, 0.29) is 18.3 Å². The summed E-state index contributed by atoms with van der Waals surface area (Å²) in [6.07, 6.45) is -2.44. The number of nitrogens with one attached hydrogen (secondary N) is 1. The van der Waals surface area contributed by atoms with E-state index in [0.29, 0.717) is 17.4 Å². The van der Waals surface area contributed by atoms with Gasteiger partial charge in [0.2, 0.25) is 0 Å². The number of halogens is 4. The summed E-state index contributed by atoms with van der Waals surface area (Å²) in [5, 5.41) is 3.32. The van der Waals surface area contributed by atoms with Crippen molar-refractivity contribution >= 4 is 12.4 Å². The molecule has 3 rings (SSSR count). The summed E-state index contributed by atoms with van der Waals surface area (Å²) < 4.78 is 38.9. The van der Waals surface area contributed by atoms with Gasteiger partial charge in [0.1, 0.15) is 0 Å². The Balaban J connectivity index is 0.00000133. The lowest BCUT2D eigenvalue weighted by molar-refractivity contribution is -0.138. The third kappa shape index (κ3) is 2.75. The molecule has 1 aliphatic heterocycles. The third-order valence-corrected chi connectivity index (χ3v) is 4.36. The quantitative estimate of drug-likeness (QED) is 0.829. The minimum Gasteiger partial charge on any atom is -0.316 e. The van der Waals surface area contributed by atoms with Crippen molar-refractivity contribution in [2.75, 3.05) is 13.1 Å². The van der Waals surface area contributed by atoms with Crippen molar-refractivity contribution in [3.05, 3.63) is 35.4 Å². The topological polar surface area (TPSA) is 12.0 Å². The Hall–Kier alpha value is -0.740. The maximum Gasteiger partial charge on any atom is 0.416 e. The van der Waals surface area contributed by atoms with Crippen LogP contribution in [-0.2, 0) is 6.18 Å². The van der Waals surface area contributed by atoms with Gasteiger partial charge in [-0.05, 0) is 55.3 Å². The molecule has 1 heterocycles. The fraction of sp³-hybridized carbons (Fsp3) is 0.571. The van der Waals surface area contributed by atoms with Crippen LogP contribution in [0.3, 0.4) is 0 Å². The van der Waals surface area contributed by atoms with Crippen LogP contribution in [0, 0.1) is 11.8 Å². The molecule has 2 aliphatic rings. The molecule has 1 saturated carbocycles. The standard InChI is InChI=1S/C14H16F3N.ClH/c15-14(16,17)13-4-2-1-3-12(13)9-5-10-7-18-8-11(10)6-9;/h1-4,9-11,18H,5-8H2;1H/t9-,10-,11+;. The van der Waals surface area contributed by atoms with Crippen molar-refractivity contribution < 1.29 is 13.2 Å². The molecule has 0 aromatic heterocycles. The zero-order chi connectivity index (χ0) is 12.8. The second-order valence-electron chi connectivity index (χ2n) is 5.43. The van der Waals surface area contributed by atoms with Crippen molar-refractivity contribution in [1.29, 1.82) is 0 Å². The second kappa shape index (κ2) is 5.33. The molecule has 3 atom stereocenters. The van der Waals surface area contributed by atoms with Crippen LogP contribution in [0.25, 0.3) is 0 Å². The molecule has 0 radical (unpaired) electrons. The molecule has 0 amide bonds. The Bertz CT molecular complexity index is 435. The number of hydrogen-bond acceptors (Lipinski definition) is 1. The Kier molecular flexibility index (Phi) is 4.11. The highest BCUT2D eigenvalue weighted by molar-refractivity contribution is 5.85. The van der Waals surface area contributed by atoms with E-state index in [2.05, 4.69) is 5.32 Å². The van der Waals surface area contributed by atoms with Crippen LogP contribution in [0.1, 0.15) is 29.9 Å². The summed E-state index contributed by atoms with van der Waals surface area (Å²) >= 11 is 0. The van der Waals surface area contributed by atoms with E-state index in [1.54, 1.807) is 12.1 Å². The van der Waals surface area contributed by atoms with Crippen LogP contribution >= 0.6 is 12.4 Å². The Labute approximate surface area is 117 Å². The highest BCUT2D eigenvalue weighted by atomic mass is 35.5. The summed E-state index contributed by atoms with van der Waals surface area (Å²) in [4.78, 5) is 0. The van der Waals surface area contributed by atoms with Gasteiger partial charge in [0.15, 0.2) is 0 Å². The Morgan fingerprint density at radius 1 is 1.00 bits per heavy atom. The van der Waals surface area contributed by atoms with E-state index >= 15 is 0 Å². The summed E-state index contributed by atoms with van der Waals surface area (Å²) in [6.45, 7) is 1.94. The third-order valence-electron chi connectivity index (χ3n) is 4.36. The van der Waals surface area contributed by atoms with Crippen molar-refractivity contribution in [3.8, 4) is 0 Å². The molecule has 2 fully saturated rings. The fourth-order valence-electron chi connectivity index (χ4n) is 3.53. The molecule has 5 heteroatoms. The smallest absolute Gasteiger partial charge is 0.316 e. The van der Waals surface area contributed by atoms with E-state index in [0.717, 1.165) is 25.9 Å². The largest absolute Gasteiger partial charge is 0.416 e. The maximum absolute atomic E-state index is 13.0. The van der Waals surface area contributed by atoms with Gasteiger partial charge in [-0.25, -0.2) is 0 Å². The predicted molar refractivity (Wildman–Crippen MR) is 70.5 cm³/mol. The van der Waals surface area contributed by atoms with Crippen molar-refractivity contribution in [1.82, 2.24) is 5.32 Å². The average Bonchev–Trinajstić information content (AvgIpc) is 2.87. The lowest BCUT2D eigenvalue weighted by Crippen LogP contribution is -2.14. The molecule has 1 saturated heterocycles. The van der Waals surface area contributed by atoms with Gasteiger partial charge in [0.25, 0.3) is 0 Å². The van der Waals surface area contributed by atoms with E-state index in [1.165, 1.54) is 12.1 Å². The van der Waals surface area contributed by atoms with Crippen LogP contribution < -0.4 is 5.32 Å². The maximum atomic E-state index is 13.0. The molecular weight excluding hydrogens is 275 g/mol. The van der Waals surface area contributed by atoms with Crippen LogP contribution in [0.4, 0.5) is 13.2 Å². The van der Waals surface area contributed by atoms with Gasteiger partial charge in [0, 0.05) is 0 Å². The normalized spacial score (nSPS) is 29.9. The van der Waals surface area contributed by atoms with Crippen molar-refractivity contribution in [2.45, 2.75) is 24.9 Å². The van der Waals surface area contributed by atoms with Gasteiger partial charge in [0.05, 0.1) is 5.56 Å². The van der Waals surface area contributed by atoms with Gasteiger partial charge in [-0.15, -0.1) is 12.4 Å². The zero-order valence-corrected chi connectivity index (χ0v) is 11.2. The number of rotatable bonds is 1. The zero-order valence-electron chi connectivity index (χ0n) is 10.4. The highest BCUT2D eigenvalue weighted by Crippen LogP contribution is 2.47. The molecule has 1 aromatic rings. The molecule has 1 aromatic carbocycles. The van der Waals surface area contributed by atoms with E-state index in [9.17, 15) is 13.2 Å². The minimum absolute atomic E-state index is 0. The minimum atomic E-state index is -4.23. The predicted octanol–water partition coefficient (Wildman–Crippen LogP) is 3.84. The molecule has 106 valence electrons. The van der Waals surface area contributed by atoms with Crippen LogP contribution in [-0.4, -0.2) is 13.1 Å². The molecule has 1 N–H and O–H groups in total. The van der Waals surface area contributed by atoms with Crippen LogP contribution in [0.5, 0.6) is 0 Å². The number of alkyl halides is 3. The van der Waals surface area contributed by atoms with E-state index in [1.807, 2.05) is 0 Å². The van der Waals surface area contributed by atoms with E-state index < -0.39 is 11.7 Å². The summed E-state index contributed by atoms with van der Waals surface area (Å²) in [7, 11) is 0. The summed E-state index contributed by atoms with van der Waals surface area (Å²) in [6, 6.07) is 6.06. The van der Waals surface area contributed by atoms with Crippen LogP contribution in [0.15, 0.2) is 24.3 Å². The number of hydrogen-bond donors (Lipinski definition) is 1. The van der Waals surface area contributed by atoms with E-state index in [4.69, 9.17) is 0 Å². The lowest BCUT2D eigenvalue weighted by atomic mass is 9.91. The lowest BCUT2D eigenvalue weighted by Gasteiger charge is -2.18. The van der Waals surface area contributed by atoms with Crippen molar-refractivity contribution in [2.24, 2.45) is 11.8 Å². The molecule has 0 bridgehead atoms. The first-order chi connectivity index (χ1) is 8.55. The number of fused-ring (bicyclic) bond motifs is 1. The molecule has 1 nitrogen and oxygen atoms in total. The first kappa shape index (κ1) is 14.7. The van der Waals surface area contributed by atoms with Crippen LogP contribution in [0.2, 0.25) is 0 Å². The monoisotopic (exact) mass is 291 g/mol. The molecule has 0 spiro atoms. The summed E-state index contributed by atoms with van der Waals surface area (Å²) in [5.41, 5.74) is 0.0577. The summed E-state index contributed by atoms with van der Waals surface area (Å²) in [5.74, 6) is 1.22. The molecule has 0 unspecified atom stereocenters. The second-order valence-corrected chi connectivity index (χ2v) is 5.43. The molecule has 19 heavy (non-hydrogen) atoms. The first-order valence-electron chi connectivity index (χ1n) is 6.42. The van der Waals surface area contributed by atoms with Gasteiger partial charge in [-0.1, -0.05) is 18.2 Å². The number of benzene rings is 1. The molecule has 1 aliphatic carbocycles. The fourth-order valence-corrected chi connectivity index (χ4v) is 3.53. The van der Waals surface area contributed by atoms with Gasteiger partial charge in [-0.2, -0.15) is 13.2 Å². The highest BCUT2D eigenvalue weighted by Gasteiger charge is 2.41. The van der Waals surface area contributed by atoms with Gasteiger partial charge in [-0.3, -0.25) is 0 Å². The Morgan fingerprint density at radius 2 is 1.58 bits per heavy atom. The molecular formula is C14H17ClF3N. The average molecular weight is 292 g/mol. The first-order valence-corrected chi connectivity index (χ1v) is 6.42. The Morgan fingerprint density at radius 3 is 2.16 bits per heavy atom. The van der Waals surface area contributed by atoms with Crippen molar-refractivity contribution in [3.63, 3.8) is 0 Å².